The molecule has 0 atom stereocenters. The van der Waals surface area contributed by atoms with E-state index in [0.29, 0.717) is 24.4 Å². The molecule has 1 aliphatic heterocycles. The van der Waals surface area contributed by atoms with Gasteiger partial charge in [0.25, 0.3) is 5.91 Å². The minimum Gasteiger partial charge on any atom is -0.447 e. The van der Waals surface area contributed by atoms with E-state index < -0.39 is 0 Å². The summed E-state index contributed by atoms with van der Waals surface area (Å²) in [6.07, 6.45) is -0.346. The minimum absolute atomic E-state index is 0.242. The van der Waals surface area contributed by atoms with E-state index in [4.69, 9.17) is 9.15 Å². The maximum Gasteiger partial charge on any atom is 0.414 e. The Hall–Kier alpha value is -2.28. The molecule has 0 radical (unpaired) electrons. The van der Waals surface area contributed by atoms with Crippen molar-refractivity contribution < 1.29 is 18.7 Å². The molecule has 1 saturated heterocycles. The molecular formula is C15H13BrN2O4. The summed E-state index contributed by atoms with van der Waals surface area (Å²) in [4.78, 5) is 25.0. The van der Waals surface area contributed by atoms with Gasteiger partial charge in [-0.25, -0.2) is 4.79 Å². The molecular weight excluding hydrogens is 352 g/mol. The van der Waals surface area contributed by atoms with E-state index in [1.807, 2.05) is 24.3 Å². The highest BCUT2D eigenvalue weighted by atomic mass is 79.9. The third-order valence-corrected chi connectivity index (χ3v) is 3.66. The Labute approximate surface area is 135 Å². The van der Waals surface area contributed by atoms with Crippen molar-refractivity contribution >= 4 is 33.6 Å². The van der Waals surface area contributed by atoms with E-state index in [1.165, 1.54) is 0 Å². The summed E-state index contributed by atoms with van der Waals surface area (Å²) in [7, 11) is 0. The normalized spacial score (nSPS) is 14.0. The second-order valence-electron chi connectivity index (χ2n) is 4.72. The summed E-state index contributed by atoms with van der Waals surface area (Å²) in [6.45, 7) is 1.27. The Morgan fingerprint density at radius 2 is 2.18 bits per heavy atom. The molecule has 1 aromatic heterocycles. The molecule has 1 N–H and O–H groups in total. The lowest BCUT2D eigenvalue weighted by atomic mass is 10.2. The van der Waals surface area contributed by atoms with Crippen molar-refractivity contribution in [1.82, 2.24) is 5.32 Å². The number of carbonyl (C=O) groups is 2. The molecule has 0 saturated carbocycles. The molecule has 2 aromatic rings. The summed E-state index contributed by atoms with van der Waals surface area (Å²) in [5, 5.41) is 2.77. The number of rotatable bonds is 4. The maximum absolute atomic E-state index is 11.9. The van der Waals surface area contributed by atoms with Crippen molar-refractivity contribution in [3.63, 3.8) is 0 Å². The second-order valence-corrected chi connectivity index (χ2v) is 5.50. The lowest BCUT2D eigenvalue weighted by molar-refractivity contribution is 0.0922. The van der Waals surface area contributed by atoms with Gasteiger partial charge in [0.05, 0.1) is 6.54 Å². The van der Waals surface area contributed by atoms with Crippen molar-refractivity contribution in [2.45, 2.75) is 6.54 Å². The number of anilines is 1. The molecule has 2 heterocycles. The van der Waals surface area contributed by atoms with Crippen LogP contribution in [0.3, 0.4) is 0 Å². The fourth-order valence-corrected chi connectivity index (χ4v) is 2.47. The zero-order chi connectivity index (χ0) is 15.5. The van der Waals surface area contributed by atoms with Crippen molar-refractivity contribution in [2.75, 3.05) is 18.1 Å². The van der Waals surface area contributed by atoms with Crippen LogP contribution < -0.4 is 10.2 Å². The van der Waals surface area contributed by atoms with Crippen LogP contribution in [0.15, 0.2) is 45.5 Å². The van der Waals surface area contributed by atoms with E-state index in [1.54, 1.807) is 17.0 Å². The second kappa shape index (κ2) is 6.23. The number of halogens is 1. The van der Waals surface area contributed by atoms with Gasteiger partial charge >= 0.3 is 6.09 Å². The van der Waals surface area contributed by atoms with Crippen LogP contribution in [0, 0.1) is 0 Å². The van der Waals surface area contributed by atoms with Crippen LogP contribution in [0.25, 0.3) is 0 Å². The predicted molar refractivity (Wildman–Crippen MR) is 82.7 cm³/mol. The van der Waals surface area contributed by atoms with E-state index in [9.17, 15) is 9.59 Å². The first-order chi connectivity index (χ1) is 10.6. The molecule has 0 bridgehead atoms. The molecule has 1 fully saturated rings. The first kappa shape index (κ1) is 14.6. The summed E-state index contributed by atoms with van der Waals surface area (Å²) >= 11 is 3.15. The van der Waals surface area contributed by atoms with Crippen LogP contribution in [0.5, 0.6) is 0 Å². The number of hydrogen-bond acceptors (Lipinski definition) is 4. The summed E-state index contributed by atoms with van der Waals surface area (Å²) in [5.41, 5.74) is 1.64. The van der Waals surface area contributed by atoms with Crippen LogP contribution in [0.4, 0.5) is 10.5 Å². The third-order valence-electron chi connectivity index (χ3n) is 3.23. The van der Waals surface area contributed by atoms with Gasteiger partial charge in [0.15, 0.2) is 10.4 Å². The zero-order valence-electron chi connectivity index (χ0n) is 11.5. The SMILES string of the molecule is O=C(NCc1cccc(N2CCOC2=O)c1)c1ccc(Br)o1. The van der Waals surface area contributed by atoms with Crippen LogP contribution in [-0.4, -0.2) is 25.2 Å². The monoisotopic (exact) mass is 364 g/mol. The number of ether oxygens (including phenoxy) is 1. The van der Waals surface area contributed by atoms with Gasteiger partial charge in [0.1, 0.15) is 6.61 Å². The first-order valence-electron chi connectivity index (χ1n) is 6.70. The molecule has 6 nitrogen and oxygen atoms in total. The van der Waals surface area contributed by atoms with E-state index in [0.717, 1.165) is 11.3 Å². The smallest absolute Gasteiger partial charge is 0.414 e. The number of furan rings is 1. The van der Waals surface area contributed by atoms with Gasteiger partial charge in [-0.2, -0.15) is 0 Å². The predicted octanol–water partition coefficient (Wildman–Crippen LogP) is 2.93. The number of nitrogens with one attached hydrogen (secondary N) is 1. The number of amides is 2. The number of hydrogen-bond donors (Lipinski definition) is 1. The van der Waals surface area contributed by atoms with E-state index in [-0.39, 0.29) is 17.8 Å². The van der Waals surface area contributed by atoms with E-state index >= 15 is 0 Å². The average Bonchev–Trinajstić information content (AvgIpc) is 3.13. The van der Waals surface area contributed by atoms with Crippen molar-refractivity contribution in [2.24, 2.45) is 0 Å². The van der Waals surface area contributed by atoms with E-state index in [2.05, 4.69) is 21.2 Å². The van der Waals surface area contributed by atoms with Gasteiger partial charge in [-0.15, -0.1) is 0 Å². The molecule has 0 spiro atoms. The van der Waals surface area contributed by atoms with Gasteiger partial charge in [-0.3, -0.25) is 9.69 Å². The van der Waals surface area contributed by atoms with Gasteiger partial charge in [-0.1, -0.05) is 12.1 Å². The molecule has 0 aliphatic carbocycles. The molecule has 0 unspecified atom stereocenters. The largest absolute Gasteiger partial charge is 0.447 e. The van der Waals surface area contributed by atoms with Gasteiger partial charge in [-0.05, 0) is 45.8 Å². The Morgan fingerprint density at radius 3 is 2.86 bits per heavy atom. The topological polar surface area (TPSA) is 71.8 Å². The lowest BCUT2D eigenvalue weighted by Gasteiger charge is -2.14. The maximum atomic E-state index is 11.9. The van der Waals surface area contributed by atoms with Crippen molar-refractivity contribution in [3.8, 4) is 0 Å². The molecule has 2 amide bonds. The van der Waals surface area contributed by atoms with Gasteiger partial charge < -0.3 is 14.5 Å². The van der Waals surface area contributed by atoms with Crippen LogP contribution in [0.2, 0.25) is 0 Å². The van der Waals surface area contributed by atoms with Crippen molar-refractivity contribution in [3.05, 3.63) is 52.4 Å². The highest BCUT2D eigenvalue weighted by Crippen LogP contribution is 2.20. The Bertz CT molecular complexity index is 713. The highest BCUT2D eigenvalue weighted by molar-refractivity contribution is 9.10. The van der Waals surface area contributed by atoms with Crippen molar-refractivity contribution in [1.29, 1.82) is 0 Å². The van der Waals surface area contributed by atoms with Gasteiger partial charge in [0, 0.05) is 12.2 Å². The Balaban J connectivity index is 1.65. The quantitative estimate of drug-likeness (QED) is 0.905. The lowest BCUT2D eigenvalue weighted by Crippen LogP contribution is -2.24. The third kappa shape index (κ3) is 3.14. The van der Waals surface area contributed by atoms with Gasteiger partial charge in [0.2, 0.25) is 0 Å². The fraction of sp³-hybridized carbons (Fsp3) is 0.200. The Kier molecular flexibility index (Phi) is 4.15. The highest BCUT2D eigenvalue weighted by Gasteiger charge is 2.23. The summed E-state index contributed by atoms with van der Waals surface area (Å²) < 4.78 is 10.6. The summed E-state index contributed by atoms with van der Waals surface area (Å²) in [5.74, 6) is -0.0529. The molecule has 3 rings (SSSR count). The number of carbonyl (C=O) groups excluding carboxylic acids is 2. The number of benzene rings is 1. The van der Waals surface area contributed by atoms with Crippen LogP contribution in [0.1, 0.15) is 16.1 Å². The standard InChI is InChI=1S/C15H13BrN2O4/c16-13-5-4-12(22-13)14(19)17-9-10-2-1-3-11(8-10)18-6-7-21-15(18)20/h1-5,8H,6-7,9H2,(H,17,19). The first-order valence-corrected chi connectivity index (χ1v) is 7.49. The Morgan fingerprint density at radius 1 is 1.32 bits per heavy atom. The number of cyclic esters (lactones) is 1. The summed E-state index contributed by atoms with van der Waals surface area (Å²) in [6, 6.07) is 10.7. The molecule has 114 valence electrons. The molecule has 1 aliphatic rings. The molecule has 7 heteroatoms. The molecule has 1 aromatic carbocycles. The van der Waals surface area contributed by atoms with Crippen LogP contribution in [-0.2, 0) is 11.3 Å². The molecule has 22 heavy (non-hydrogen) atoms. The average molecular weight is 365 g/mol. The fourth-order valence-electron chi connectivity index (χ4n) is 2.17. The minimum atomic E-state index is -0.346. The number of nitrogens with zero attached hydrogens (tertiary/aromatic N) is 1. The zero-order valence-corrected chi connectivity index (χ0v) is 13.1. The van der Waals surface area contributed by atoms with Crippen LogP contribution >= 0.6 is 15.9 Å².